The lowest BCUT2D eigenvalue weighted by Gasteiger charge is -2.15. The van der Waals surface area contributed by atoms with Crippen molar-refractivity contribution in [3.63, 3.8) is 0 Å². The van der Waals surface area contributed by atoms with Gasteiger partial charge in [-0.3, -0.25) is 0 Å². The van der Waals surface area contributed by atoms with E-state index in [1.807, 2.05) is 0 Å². The zero-order valence-corrected chi connectivity index (χ0v) is 10.5. The van der Waals surface area contributed by atoms with Crippen molar-refractivity contribution >= 4 is 28.7 Å². The molecule has 0 aliphatic carbocycles. The Morgan fingerprint density at radius 1 is 1.46 bits per heavy atom. The van der Waals surface area contributed by atoms with Crippen molar-refractivity contribution in [3.05, 3.63) is 0 Å². The summed E-state index contributed by atoms with van der Waals surface area (Å²) < 4.78 is 6.10. The highest BCUT2D eigenvalue weighted by atomic mass is 127. The van der Waals surface area contributed by atoms with Crippen LogP contribution in [0, 0.1) is 0 Å². The molecular weight excluding hydrogens is 281 g/mol. The Kier molecular flexibility index (Phi) is 8.59. The minimum Gasteiger partial charge on any atom is -0.449 e. The van der Waals surface area contributed by atoms with Crippen LogP contribution in [0.5, 0.6) is 0 Å². The van der Waals surface area contributed by atoms with Gasteiger partial charge in [-0.25, -0.2) is 4.79 Å². The summed E-state index contributed by atoms with van der Waals surface area (Å²) >= 11 is 2.30. The van der Waals surface area contributed by atoms with E-state index in [1.54, 1.807) is 11.9 Å². The van der Waals surface area contributed by atoms with E-state index in [4.69, 9.17) is 4.74 Å². The predicted octanol–water partition coefficient (Wildman–Crippen LogP) is 2.68. The van der Waals surface area contributed by atoms with Crippen LogP contribution in [-0.4, -0.2) is 35.6 Å². The molecule has 0 heterocycles. The maximum atomic E-state index is 11.2. The van der Waals surface area contributed by atoms with Gasteiger partial charge in [0.15, 0.2) is 0 Å². The van der Waals surface area contributed by atoms with E-state index in [-0.39, 0.29) is 6.09 Å². The van der Waals surface area contributed by atoms with E-state index in [1.165, 1.54) is 0 Å². The van der Waals surface area contributed by atoms with Gasteiger partial charge in [-0.2, -0.15) is 0 Å². The molecule has 0 rings (SSSR count). The molecule has 0 atom stereocenters. The van der Waals surface area contributed by atoms with E-state index in [2.05, 4.69) is 29.5 Å². The maximum Gasteiger partial charge on any atom is 0.409 e. The Morgan fingerprint density at radius 2 is 2.15 bits per heavy atom. The number of hydrogen-bond acceptors (Lipinski definition) is 2. The third kappa shape index (κ3) is 7.10. The average molecular weight is 299 g/mol. The molecule has 0 aliphatic heterocycles. The molecule has 0 N–H and O–H groups in total. The summed E-state index contributed by atoms with van der Waals surface area (Å²) in [6.07, 6.45) is 2.84. The topological polar surface area (TPSA) is 29.5 Å². The first-order valence-electron chi connectivity index (χ1n) is 4.66. The molecule has 0 aromatic heterocycles. The number of alkyl halides is 1. The van der Waals surface area contributed by atoms with Gasteiger partial charge >= 0.3 is 6.09 Å². The van der Waals surface area contributed by atoms with Crippen LogP contribution >= 0.6 is 22.6 Å². The van der Waals surface area contributed by atoms with E-state index in [9.17, 15) is 4.79 Å². The SMILES string of the molecule is CCCCOC(=O)N(C)CCCI. The second kappa shape index (κ2) is 8.59. The van der Waals surface area contributed by atoms with Crippen LogP contribution in [0.3, 0.4) is 0 Å². The van der Waals surface area contributed by atoms with Gasteiger partial charge in [-0.1, -0.05) is 35.9 Å². The first kappa shape index (κ1) is 13.0. The molecule has 0 spiro atoms. The smallest absolute Gasteiger partial charge is 0.409 e. The van der Waals surface area contributed by atoms with Gasteiger partial charge in [0.05, 0.1) is 6.61 Å². The number of hydrogen-bond donors (Lipinski definition) is 0. The standard InChI is InChI=1S/C9H18INO2/c1-3-4-8-13-9(12)11(2)7-5-6-10/h3-8H2,1-2H3. The first-order chi connectivity index (χ1) is 6.22. The van der Waals surface area contributed by atoms with Crippen LogP contribution in [-0.2, 0) is 4.74 Å². The molecule has 1 amide bonds. The number of halogens is 1. The summed E-state index contributed by atoms with van der Waals surface area (Å²) in [6, 6.07) is 0. The van der Waals surface area contributed by atoms with Gasteiger partial charge < -0.3 is 9.64 Å². The highest BCUT2D eigenvalue weighted by Gasteiger charge is 2.07. The summed E-state index contributed by atoms with van der Waals surface area (Å²) in [5, 5.41) is 0. The molecule has 0 aliphatic rings. The van der Waals surface area contributed by atoms with Crippen LogP contribution < -0.4 is 0 Å². The minimum absolute atomic E-state index is 0.196. The molecule has 4 heteroatoms. The Balaban J connectivity index is 3.45. The van der Waals surface area contributed by atoms with E-state index in [0.29, 0.717) is 6.61 Å². The highest BCUT2D eigenvalue weighted by Crippen LogP contribution is 1.97. The molecule has 0 fully saturated rings. The lowest BCUT2D eigenvalue weighted by molar-refractivity contribution is 0.110. The van der Waals surface area contributed by atoms with Gasteiger partial charge in [-0.15, -0.1) is 0 Å². The predicted molar refractivity (Wildman–Crippen MR) is 62.4 cm³/mol. The van der Waals surface area contributed by atoms with E-state index >= 15 is 0 Å². The summed E-state index contributed by atoms with van der Waals surface area (Å²) in [5.74, 6) is 0. The summed E-state index contributed by atoms with van der Waals surface area (Å²) in [6.45, 7) is 3.41. The zero-order chi connectivity index (χ0) is 10.1. The quantitative estimate of drug-likeness (QED) is 0.429. The third-order valence-corrected chi connectivity index (χ3v) is 2.43. The molecule has 0 aromatic carbocycles. The molecule has 0 bridgehead atoms. The van der Waals surface area contributed by atoms with Crippen molar-refractivity contribution in [1.29, 1.82) is 0 Å². The van der Waals surface area contributed by atoms with Gasteiger partial charge in [0.25, 0.3) is 0 Å². The van der Waals surface area contributed by atoms with Crippen LogP contribution in [0.25, 0.3) is 0 Å². The fourth-order valence-corrected chi connectivity index (χ4v) is 1.14. The molecular formula is C9H18INO2. The Hall–Kier alpha value is 0. The Labute approximate surface area is 94.0 Å². The zero-order valence-electron chi connectivity index (χ0n) is 8.38. The number of unbranched alkanes of at least 4 members (excludes halogenated alkanes) is 1. The molecule has 78 valence electrons. The van der Waals surface area contributed by atoms with E-state index in [0.717, 1.165) is 30.2 Å². The van der Waals surface area contributed by atoms with Crippen molar-refractivity contribution in [1.82, 2.24) is 4.90 Å². The van der Waals surface area contributed by atoms with Crippen molar-refractivity contribution in [3.8, 4) is 0 Å². The lowest BCUT2D eigenvalue weighted by Crippen LogP contribution is -2.28. The fraction of sp³-hybridized carbons (Fsp3) is 0.889. The Bertz CT molecular complexity index is 142. The van der Waals surface area contributed by atoms with Gasteiger partial charge in [0.1, 0.15) is 0 Å². The number of carbonyl (C=O) groups excluding carboxylic acids is 1. The summed E-state index contributed by atoms with van der Waals surface area (Å²) in [4.78, 5) is 12.9. The molecule has 13 heavy (non-hydrogen) atoms. The van der Waals surface area contributed by atoms with Crippen LogP contribution in [0.4, 0.5) is 4.79 Å². The van der Waals surface area contributed by atoms with E-state index < -0.39 is 0 Å². The highest BCUT2D eigenvalue weighted by molar-refractivity contribution is 14.1. The molecule has 0 unspecified atom stereocenters. The molecule has 0 aromatic rings. The normalized spacial score (nSPS) is 9.77. The van der Waals surface area contributed by atoms with Gasteiger partial charge in [0, 0.05) is 18.0 Å². The first-order valence-corrected chi connectivity index (χ1v) is 6.18. The monoisotopic (exact) mass is 299 g/mol. The number of amides is 1. The van der Waals surface area contributed by atoms with Crippen LogP contribution in [0.2, 0.25) is 0 Å². The molecule has 0 radical (unpaired) electrons. The maximum absolute atomic E-state index is 11.2. The van der Waals surface area contributed by atoms with Crippen molar-refractivity contribution in [2.24, 2.45) is 0 Å². The number of carbonyl (C=O) groups is 1. The largest absolute Gasteiger partial charge is 0.449 e. The summed E-state index contributed by atoms with van der Waals surface area (Å²) in [7, 11) is 1.78. The van der Waals surface area contributed by atoms with Crippen molar-refractivity contribution < 1.29 is 9.53 Å². The second-order valence-corrected chi connectivity index (χ2v) is 4.01. The minimum atomic E-state index is -0.196. The van der Waals surface area contributed by atoms with Crippen LogP contribution in [0.1, 0.15) is 26.2 Å². The molecule has 3 nitrogen and oxygen atoms in total. The van der Waals surface area contributed by atoms with Gasteiger partial charge in [0.2, 0.25) is 0 Å². The third-order valence-electron chi connectivity index (χ3n) is 1.66. The van der Waals surface area contributed by atoms with Gasteiger partial charge in [-0.05, 0) is 12.8 Å². The van der Waals surface area contributed by atoms with Crippen LogP contribution in [0.15, 0.2) is 0 Å². The molecule has 0 saturated heterocycles. The number of nitrogens with zero attached hydrogens (tertiary/aromatic N) is 1. The van der Waals surface area contributed by atoms with Crippen molar-refractivity contribution in [2.45, 2.75) is 26.2 Å². The molecule has 0 saturated carbocycles. The average Bonchev–Trinajstić information content (AvgIpc) is 2.14. The Morgan fingerprint density at radius 3 is 2.69 bits per heavy atom. The lowest BCUT2D eigenvalue weighted by atomic mass is 10.4. The number of rotatable bonds is 6. The summed E-state index contributed by atoms with van der Waals surface area (Å²) in [5.41, 5.74) is 0. The van der Waals surface area contributed by atoms with Crippen molar-refractivity contribution in [2.75, 3.05) is 24.6 Å². The number of ether oxygens (including phenoxy) is 1. The fourth-order valence-electron chi connectivity index (χ4n) is 0.802. The second-order valence-electron chi connectivity index (χ2n) is 2.93.